The molecule has 0 unspecified atom stereocenters. The fourth-order valence-corrected chi connectivity index (χ4v) is 1.63. The first kappa shape index (κ1) is 13.6. The molecule has 0 radical (unpaired) electrons. The number of aromatic amines is 1. The second kappa shape index (κ2) is 4.81. The zero-order chi connectivity index (χ0) is 13.2. The minimum absolute atomic E-state index is 0.165. The number of hydrogen-bond acceptors (Lipinski definition) is 2. The Hall–Kier alpha value is -1.46. The van der Waals surface area contributed by atoms with E-state index < -0.39 is 11.9 Å². The summed E-state index contributed by atoms with van der Waals surface area (Å²) in [4.78, 5) is 1.89. The van der Waals surface area contributed by atoms with E-state index in [0.29, 0.717) is 12.2 Å². The molecular weight excluding hydrogens is 231 g/mol. The summed E-state index contributed by atoms with van der Waals surface area (Å²) in [6.45, 7) is 10.3. The average Bonchev–Trinajstić information content (AvgIpc) is 2.65. The molecule has 0 aliphatic carbocycles. The molecule has 1 aromatic heterocycles. The van der Waals surface area contributed by atoms with Gasteiger partial charge in [0.25, 0.3) is 0 Å². The summed E-state index contributed by atoms with van der Waals surface area (Å²) in [6, 6.07) is 1.14. The highest BCUT2D eigenvalue weighted by Gasteiger charge is 2.33. The van der Waals surface area contributed by atoms with Gasteiger partial charge in [-0.25, -0.2) is 0 Å². The summed E-state index contributed by atoms with van der Waals surface area (Å²) in [7, 11) is 0. The number of halogens is 3. The first-order valence-corrected chi connectivity index (χ1v) is 5.35. The Labute approximate surface area is 98.3 Å². The average molecular weight is 247 g/mol. The van der Waals surface area contributed by atoms with Crippen LogP contribution in [0, 0.1) is 0 Å². The van der Waals surface area contributed by atoms with E-state index in [1.165, 1.54) is 0 Å². The lowest BCUT2D eigenvalue weighted by molar-refractivity contribution is -0.141. The minimum Gasteiger partial charge on any atom is -0.368 e. The van der Waals surface area contributed by atoms with Crippen molar-refractivity contribution in [1.29, 1.82) is 0 Å². The van der Waals surface area contributed by atoms with Crippen LogP contribution in [0.3, 0.4) is 0 Å². The zero-order valence-corrected chi connectivity index (χ0v) is 10.1. The molecule has 1 rings (SSSR count). The molecular formula is C11H16F3N3. The van der Waals surface area contributed by atoms with Crippen molar-refractivity contribution in [2.45, 2.75) is 33.0 Å². The van der Waals surface area contributed by atoms with E-state index in [1.54, 1.807) is 0 Å². The van der Waals surface area contributed by atoms with Crippen molar-refractivity contribution in [3.63, 3.8) is 0 Å². The molecule has 0 bridgehead atoms. The maximum absolute atomic E-state index is 12.4. The number of rotatable bonds is 4. The highest BCUT2D eigenvalue weighted by molar-refractivity contribution is 5.58. The number of H-pyrrole nitrogens is 1. The van der Waals surface area contributed by atoms with Gasteiger partial charge in [-0.15, -0.1) is 0 Å². The number of hydrogen-bond donors (Lipinski definition) is 1. The van der Waals surface area contributed by atoms with E-state index in [-0.39, 0.29) is 11.7 Å². The molecule has 0 spiro atoms. The number of aromatic nitrogens is 2. The van der Waals surface area contributed by atoms with E-state index in [1.807, 2.05) is 30.8 Å². The van der Waals surface area contributed by atoms with Crippen molar-refractivity contribution in [2.75, 3.05) is 6.54 Å². The van der Waals surface area contributed by atoms with Crippen LogP contribution < -0.4 is 0 Å². The monoisotopic (exact) mass is 247 g/mol. The van der Waals surface area contributed by atoms with Crippen molar-refractivity contribution in [2.24, 2.45) is 0 Å². The smallest absolute Gasteiger partial charge is 0.368 e. The number of alkyl halides is 3. The second-order valence-corrected chi connectivity index (χ2v) is 3.99. The molecule has 0 saturated heterocycles. The van der Waals surface area contributed by atoms with Crippen LogP contribution in [-0.2, 0) is 6.18 Å². The largest absolute Gasteiger partial charge is 0.432 e. The Morgan fingerprint density at radius 1 is 1.53 bits per heavy atom. The zero-order valence-electron chi connectivity index (χ0n) is 10.1. The van der Waals surface area contributed by atoms with Gasteiger partial charge in [-0.1, -0.05) is 6.58 Å². The molecule has 0 aliphatic rings. The molecule has 17 heavy (non-hydrogen) atoms. The first-order chi connectivity index (χ1) is 7.77. The van der Waals surface area contributed by atoms with E-state index in [4.69, 9.17) is 0 Å². The van der Waals surface area contributed by atoms with Gasteiger partial charge in [0.15, 0.2) is 0 Å². The summed E-state index contributed by atoms with van der Waals surface area (Å²) in [5.74, 6) is 0. The predicted octanol–water partition coefficient (Wildman–Crippen LogP) is 3.13. The third-order valence-corrected chi connectivity index (χ3v) is 2.49. The predicted molar refractivity (Wildman–Crippen MR) is 60.1 cm³/mol. The summed E-state index contributed by atoms with van der Waals surface area (Å²) in [5.41, 5.74) is -0.129. The highest BCUT2D eigenvalue weighted by atomic mass is 19.4. The van der Waals surface area contributed by atoms with Crippen LogP contribution in [0.2, 0.25) is 0 Å². The van der Waals surface area contributed by atoms with Crippen LogP contribution in [0.5, 0.6) is 0 Å². The number of nitrogens with one attached hydrogen (secondary N) is 1. The lowest BCUT2D eigenvalue weighted by atomic mass is 10.2. The molecule has 0 fully saturated rings. The molecule has 1 heterocycles. The van der Waals surface area contributed by atoms with E-state index in [2.05, 4.69) is 11.7 Å². The third kappa shape index (κ3) is 3.01. The van der Waals surface area contributed by atoms with Crippen molar-refractivity contribution in [1.82, 2.24) is 15.1 Å². The summed E-state index contributed by atoms with van der Waals surface area (Å²) < 4.78 is 37.2. The normalized spacial score (nSPS) is 11.9. The topological polar surface area (TPSA) is 31.9 Å². The van der Waals surface area contributed by atoms with Crippen LogP contribution in [0.1, 0.15) is 32.2 Å². The van der Waals surface area contributed by atoms with Gasteiger partial charge in [-0.05, 0) is 26.8 Å². The van der Waals surface area contributed by atoms with Gasteiger partial charge in [-0.3, -0.25) is 5.10 Å². The maximum atomic E-state index is 12.4. The highest BCUT2D eigenvalue weighted by Crippen LogP contribution is 2.29. The lowest BCUT2D eigenvalue weighted by Gasteiger charge is -2.28. The number of nitrogens with zero attached hydrogens (tertiary/aromatic N) is 2. The van der Waals surface area contributed by atoms with Crippen LogP contribution in [-0.4, -0.2) is 27.7 Å². The Morgan fingerprint density at radius 3 is 2.47 bits per heavy atom. The molecule has 0 saturated carbocycles. The van der Waals surface area contributed by atoms with Gasteiger partial charge >= 0.3 is 6.18 Å². The Bertz CT molecular complexity index is 393. The summed E-state index contributed by atoms with van der Waals surface area (Å²) in [5, 5.41) is 5.63. The molecule has 96 valence electrons. The fourth-order valence-electron chi connectivity index (χ4n) is 1.63. The van der Waals surface area contributed by atoms with Gasteiger partial charge in [0.2, 0.25) is 0 Å². The molecule has 0 aromatic carbocycles. The van der Waals surface area contributed by atoms with Gasteiger partial charge < -0.3 is 4.90 Å². The molecule has 6 heteroatoms. The molecule has 1 aromatic rings. The van der Waals surface area contributed by atoms with E-state index in [0.717, 1.165) is 6.07 Å². The Kier molecular flexibility index (Phi) is 3.85. The van der Waals surface area contributed by atoms with E-state index in [9.17, 15) is 13.2 Å². The third-order valence-electron chi connectivity index (χ3n) is 2.49. The standard InChI is InChI=1S/C11H16F3N3/c1-5-17(7(2)3)8(4)9-6-10(16-15-9)11(12,13)14/h6-7H,4-5H2,1-3H3,(H,15,16). The minimum atomic E-state index is -4.40. The van der Waals surface area contributed by atoms with Gasteiger partial charge in [-0.2, -0.15) is 18.3 Å². The van der Waals surface area contributed by atoms with Crippen LogP contribution >= 0.6 is 0 Å². The van der Waals surface area contributed by atoms with Crippen LogP contribution in [0.25, 0.3) is 5.70 Å². The van der Waals surface area contributed by atoms with Gasteiger partial charge in [0.1, 0.15) is 11.4 Å². The van der Waals surface area contributed by atoms with Crippen LogP contribution in [0.4, 0.5) is 13.2 Å². The summed E-state index contributed by atoms with van der Waals surface area (Å²) >= 11 is 0. The molecule has 1 N–H and O–H groups in total. The van der Waals surface area contributed by atoms with Crippen molar-refractivity contribution >= 4 is 5.70 Å². The van der Waals surface area contributed by atoms with Crippen molar-refractivity contribution in [3.05, 3.63) is 24.0 Å². The lowest BCUT2D eigenvalue weighted by Crippen LogP contribution is -2.28. The van der Waals surface area contributed by atoms with Crippen LogP contribution in [0.15, 0.2) is 12.6 Å². The molecule has 0 amide bonds. The Balaban J connectivity index is 2.94. The van der Waals surface area contributed by atoms with Crippen molar-refractivity contribution < 1.29 is 13.2 Å². The Morgan fingerprint density at radius 2 is 2.12 bits per heavy atom. The van der Waals surface area contributed by atoms with Crippen molar-refractivity contribution in [3.8, 4) is 0 Å². The second-order valence-electron chi connectivity index (χ2n) is 3.99. The molecule has 0 atom stereocenters. The van der Waals surface area contributed by atoms with Gasteiger partial charge in [0, 0.05) is 12.6 Å². The molecule has 0 aliphatic heterocycles. The SMILES string of the molecule is C=C(c1cc(C(F)(F)F)[nH]n1)N(CC)C(C)C. The summed E-state index contributed by atoms with van der Waals surface area (Å²) in [6.07, 6.45) is -4.40. The van der Waals surface area contributed by atoms with Gasteiger partial charge in [0.05, 0.1) is 5.70 Å². The maximum Gasteiger partial charge on any atom is 0.432 e. The first-order valence-electron chi connectivity index (χ1n) is 5.35. The molecule has 3 nitrogen and oxygen atoms in total. The van der Waals surface area contributed by atoms with E-state index >= 15 is 0 Å². The quantitative estimate of drug-likeness (QED) is 0.886. The fraction of sp³-hybridized carbons (Fsp3) is 0.545.